The second-order valence-electron chi connectivity index (χ2n) is 3.86. The van der Waals surface area contributed by atoms with Crippen LogP contribution in [0.4, 0.5) is 5.82 Å². The first-order valence-electron chi connectivity index (χ1n) is 5.87. The molecule has 0 radical (unpaired) electrons. The molecule has 0 saturated heterocycles. The van der Waals surface area contributed by atoms with Crippen LogP contribution in [0.3, 0.4) is 0 Å². The van der Waals surface area contributed by atoms with E-state index in [4.69, 9.17) is 5.73 Å². The second kappa shape index (κ2) is 4.95. The molecule has 2 heterocycles. The van der Waals surface area contributed by atoms with Crippen LogP contribution in [0.1, 0.15) is 31.2 Å². The predicted molar refractivity (Wildman–Crippen MR) is 66.5 cm³/mol. The van der Waals surface area contributed by atoms with Crippen molar-refractivity contribution < 1.29 is 0 Å². The van der Waals surface area contributed by atoms with Crippen molar-refractivity contribution in [3.8, 4) is 0 Å². The molecule has 5 nitrogen and oxygen atoms in total. The Bertz CT molecular complexity index is 503. The number of nitrogens with zero attached hydrogens (tertiary/aromatic N) is 4. The van der Waals surface area contributed by atoms with Gasteiger partial charge in [0.2, 0.25) is 0 Å². The van der Waals surface area contributed by atoms with Gasteiger partial charge in [0.05, 0.1) is 12.2 Å². The highest BCUT2D eigenvalue weighted by Gasteiger charge is 2.08. The molecular formula is C12H17N5. The van der Waals surface area contributed by atoms with Crippen LogP contribution in [-0.4, -0.2) is 19.7 Å². The van der Waals surface area contributed by atoms with Crippen molar-refractivity contribution in [3.05, 3.63) is 35.5 Å². The monoisotopic (exact) mass is 231 g/mol. The number of hydrogen-bond acceptors (Lipinski definition) is 4. The second-order valence-corrected chi connectivity index (χ2v) is 3.86. The molecule has 0 unspecified atom stereocenters. The number of aromatic nitrogens is 4. The highest BCUT2D eigenvalue weighted by Crippen LogP contribution is 2.06. The first-order chi connectivity index (χ1) is 8.22. The Morgan fingerprint density at radius 2 is 2.00 bits per heavy atom. The van der Waals surface area contributed by atoms with Crippen molar-refractivity contribution >= 4 is 5.82 Å². The van der Waals surface area contributed by atoms with Crippen LogP contribution in [0.2, 0.25) is 0 Å². The number of rotatable bonds is 4. The molecule has 90 valence electrons. The first kappa shape index (κ1) is 11.6. The minimum atomic E-state index is 0.538. The van der Waals surface area contributed by atoms with Crippen LogP contribution in [0.15, 0.2) is 18.2 Å². The largest absolute Gasteiger partial charge is 0.384 e. The van der Waals surface area contributed by atoms with E-state index < -0.39 is 0 Å². The normalized spacial score (nSPS) is 10.7. The molecule has 0 amide bonds. The topological polar surface area (TPSA) is 69.6 Å². The Kier molecular flexibility index (Phi) is 3.37. The Labute approximate surface area is 101 Å². The van der Waals surface area contributed by atoms with Crippen molar-refractivity contribution in [2.75, 3.05) is 5.73 Å². The lowest BCUT2D eigenvalue weighted by Gasteiger charge is -2.04. The molecule has 0 bridgehead atoms. The first-order valence-corrected chi connectivity index (χ1v) is 5.87. The van der Waals surface area contributed by atoms with Crippen LogP contribution in [0.5, 0.6) is 0 Å². The summed E-state index contributed by atoms with van der Waals surface area (Å²) in [4.78, 5) is 8.73. The third-order valence-electron chi connectivity index (χ3n) is 2.56. The van der Waals surface area contributed by atoms with Crippen LogP contribution in [0, 0.1) is 0 Å². The standard InChI is InChI=1S/C12H17N5/c1-3-11-15-12(4-2)17(16-11)8-9-6-5-7-10(13)14-9/h5-7H,3-4,8H2,1-2H3,(H2,13,14). The summed E-state index contributed by atoms with van der Waals surface area (Å²) in [5, 5.41) is 4.45. The van der Waals surface area contributed by atoms with Crippen molar-refractivity contribution in [1.29, 1.82) is 0 Å². The summed E-state index contributed by atoms with van der Waals surface area (Å²) in [7, 11) is 0. The van der Waals surface area contributed by atoms with Crippen molar-refractivity contribution in [2.24, 2.45) is 0 Å². The molecule has 2 aromatic rings. The third-order valence-corrected chi connectivity index (χ3v) is 2.56. The molecule has 2 rings (SSSR count). The summed E-state index contributed by atoms with van der Waals surface area (Å²) < 4.78 is 1.90. The van der Waals surface area contributed by atoms with Gasteiger partial charge in [-0.2, -0.15) is 5.10 Å². The minimum absolute atomic E-state index is 0.538. The summed E-state index contributed by atoms with van der Waals surface area (Å²) >= 11 is 0. The molecule has 2 aromatic heterocycles. The number of aryl methyl sites for hydroxylation is 2. The van der Waals surface area contributed by atoms with E-state index >= 15 is 0 Å². The number of hydrogen-bond donors (Lipinski definition) is 1. The van der Waals surface area contributed by atoms with Gasteiger partial charge in [-0.25, -0.2) is 14.6 Å². The third kappa shape index (κ3) is 2.61. The van der Waals surface area contributed by atoms with Gasteiger partial charge >= 0.3 is 0 Å². The smallest absolute Gasteiger partial charge is 0.150 e. The molecule has 0 aliphatic heterocycles. The number of pyridine rings is 1. The molecule has 2 N–H and O–H groups in total. The summed E-state index contributed by atoms with van der Waals surface area (Å²) in [6, 6.07) is 5.63. The van der Waals surface area contributed by atoms with Gasteiger partial charge < -0.3 is 5.73 Å². The quantitative estimate of drug-likeness (QED) is 0.864. The molecule has 0 saturated carbocycles. The fourth-order valence-corrected chi connectivity index (χ4v) is 1.70. The number of nitrogens with two attached hydrogens (primary N) is 1. The van der Waals surface area contributed by atoms with E-state index in [1.165, 1.54) is 0 Å². The molecule has 0 aliphatic rings. The Hall–Kier alpha value is -1.91. The van der Waals surface area contributed by atoms with E-state index in [9.17, 15) is 0 Å². The lowest BCUT2D eigenvalue weighted by Crippen LogP contribution is -2.08. The summed E-state index contributed by atoms with van der Waals surface area (Å²) in [5.41, 5.74) is 6.57. The number of anilines is 1. The van der Waals surface area contributed by atoms with Gasteiger partial charge in [-0.05, 0) is 12.1 Å². The average Bonchev–Trinajstić information content (AvgIpc) is 2.71. The van der Waals surface area contributed by atoms with E-state index in [2.05, 4.69) is 28.9 Å². The predicted octanol–water partition coefficient (Wildman–Crippen LogP) is 1.43. The molecule has 0 aromatic carbocycles. The van der Waals surface area contributed by atoms with Crippen LogP contribution < -0.4 is 5.73 Å². The average molecular weight is 231 g/mol. The molecule has 0 spiro atoms. The van der Waals surface area contributed by atoms with Gasteiger partial charge in [-0.1, -0.05) is 19.9 Å². The van der Waals surface area contributed by atoms with Gasteiger partial charge in [0.25, 0.3) is 0 Å². The zero-order valence-electron chi connectivity index (χ0n) is 10.2. The summed E-state index contributed by atoms with van der Waals surface area (Å²) in [6.45, 7) is 4.76. The molecule has 0 atom stereocenters. The maximum atomic E-state index is 5.66. The highest BCUT2D eigenvalue weighted by molar-refractivity contribution is 5.28. The lowest BCUT2D eigenvalue weighted by molar-refractivity contribution is 0.627. The van der Waals surface area contributed by atoms with Gasteiger partial charge in [0.15, 0.2) is 5.82 Å². The molecule has 0 fully saturated rings. The van der Waals surface area contributed by atoms with Crippen molar-refractivity contribution in [3.63, 3.8) is 0 Å². The van der Waals surface area contributed by atoms with Crippen molar-refractivity contribution in [1.82, 2.24) is 19.7 Å². The maximum absolute atomic E-state index is 5.66. The van der Waals surface area contributed by atoms with Crippen LogP contribution >= 0.6 is 0 Å². The minimum Gasteiger partial charge on any atom is -0.384 e. The van der Waals surface area contributed by atoms with Gasteiger partial charge in [-0.3, -0.25) is 0 Å². The lowest BCUT2D eigenvalue weighted by atomic mass is 10.3. The maximum Gasteiger partial charge on any atom is 0.150 e. The van der Waals surface area contributed by atoms with Gasteiger partial charge in [0, 0.05) is 12.8 Å². The highest BCUT2D eigenvalue weighted by atomic mass is 15.3. The molecule has 5 heteroatoms. The van der Waals surface area contributed by atoms with E-state index in [1.807, 2.05) is 16.8 Å². The zero-order chi connectivity index (χ0) is 12.3. The van der Waals surface area contributed by atoms with E-state index in [-0.39, 0.29) is 0 Å². The van der Waals surface area contributed by atoms with E-state index in [0.717, 1.165) is 30.2 Å². The van der Waals surface area contributed by atoms with Gasteiger partial charge in [0.1, 0.15) is 11.6 Å². The molecule has 17 heavy (non-hydrogen) atoms. The van der Waals surface area contributed by atoms with E-state index in [1.54, 1.807) is 6.07 Å². The van der Waals surface area contributed by atoms with E-state index in [0.29, 0.717) is 12.4 Å². The summed E-state index contributed by atoms with van der Waals surface area (Å²) in [5.74, 6) is 2.41. The Balaban J connectivity index is 2.25. The Morgan fingerprint density at radius 3 is 2.65 bits per heavy atom. The molecular weight excluding hydrogens is 214 g/mol. The fraction of sp³-hybridized carbons (Fsp3) is 0.417. The number of nitrogen functional groups attached to an aromatic ring is 1. The Morgan fingerprint density at radius 1 is 1.18 bits per heavy atom. The van der Waals surface area contributed by atoms with Crippen LogP contribution in [0.25, 0.3) is 0 Å². The van der Waals surface area contributed by atoms with Crippen molar-refractivity contribution in [2.45, 2.75) is 33.2 Å². The van der Waals surface area contributed by atoms with Crippen LogP contribution in [-0.2, 0) is 19.4 Å². The summed E-state index contributed by atoms with van der Waals surface area (Å²) in [6.07, 6.45) is 1.72. The SMILES string of the molecule is CCc1nc(CC)n(Cc2cccc(N)n2)n1. The fourth-order valence-electron chi connectivity index (χ4n) is 1.70. The molecule has 0 aliphatic carbocycles. The van der Waals surface area contributed by atoms with Gasteiger partial charge in [-0.15, -0.1) is 0 Å². The zero-order valence-corrected chi connectivity index (χ0v) is 10.2.